The maximum atomic E-state index is 12.9. The summed E-state index contributed by atoms with van der Waals surface area (Å²) in [5, 5.41) is 16.0. The zero-order valence-electron chi connectivity index (χ0n) is 18.1. The number of aromatic nitrogens is 2. The topological polar surface area (TPSA) is 87.5 Å². The number of para-hydroxylation sites is 1. The Morgan fingerprint density at radius 1 is 1.26 bits per heavy atom. The molecule has 3 aromatic rings. The van der Waals surface area contributed by atoms with Crippen LogP contribution in [0.15, 0.2) is 59.6 Å². The van der Waals surface area contributed by atoms with Crippen molar-refractivity contribution in [3.63, 3.8) is 0 Å². The van der Waals surface area contributed by atoms with Crippen molar-refractivity contribution in [2.45, 2.75) is 13.3 Å². The average molecular weight is 513 g/mol. The number of hydrogen-bond acceptors (Lipinski definition) is 7. The van der Waals surface area contributed by atoms with Crippen LogP contribution in [0, 0.1) is 0 Å². The molecule has 0 radical (unpaired) electrons. The lowest BCUT2D eigenvalue weighted by molar-refractivity contribution is -0.305. The van der Waals surface area contributed by atoms with E-state index in [1.807, 2.05) is 49.5 Å². The molecule has 1 saturated heterocycles. The molecule has 0 unspecified atom stereocenters. The number of carboxylic acids is 1. The first-order chi connectivity index (χ1) is 16.4. The summed E-state index contributed by atoms with van der Waals surface area (Å²) in [5.41, 5.74) is 2.90. The van der Waals surface area contributed by atoms with Crippen LogP contribution >= 0.6 is 35.6 Å². The lowest BCUT2D eigenvalue weighted by Gasteiger charge is -2.14. The molecule has 1 amide bonds. The highest BCUT2D eigenvalue weighted by atomic mass is 35.5. The van der Waals surface area contributed by atoms with Gasteiger partial charge in [-0.2, -0.15) is 5.10 Å². The van der Waals surface area contributed by atoms with Gasteiger partial charge in [-0.3, -0.25) is 9.69 Å². The number of benzene rings is 2. The SMILES string of the molecule is CCOc1ccc(-c2nn(-c3ccccc3)cc2/C=C2\SC(=S)N(CCC(=O)[O-])C2=O)cc1Cl. The monoisotopic (exact) mass is 512 g/mol. The van der Waals surface area contributed by atoms with Gasteiger partial charge in [-0.1, -0.05) is 53.8 Å². The molecule has 1 aliphatic heterocycles. The number of rotatable bonds is 8. The highest BCUT2D eigenvalue weighted by molar-refractivity contribution is 8.26. The molecule has 0 saturated carbocycles. The van der Waals surface area contributed by atoms with Crippen molar-refractivity contribution < 1.29 is 19.4 Å². The van der Waals surface area contributed by atoms with Crippen molar-refractivity contribution in [3.05, 3.63) is 70.2 Å². The maximum Gasteiger partial charge on any atom is 0.266 e. The quantitative estimate of drug-likeness (QED) is 0.334. The number of amides is 1. The van der Waals surface area contributed by atoms with E-state index in [-0.39, 0.29) is 18.9 Å². The maximum absolute atomic E-state index is 12.9. The minimum Gasteiger partial charge on any atom is -0.550 e. The van der Waals surface area contributed by atoms with Gasteiger partial charge >= 0.3 is 0 Å². The third-order valence-electron chi connectivity index (χ3n) is 4.97. The molecule has 0 bridgehead atoms. The third-order valence-corrected chi connectivity index (χ3v) is 6.64. The summed E-state index contributed by atoms with van der Waals surface area (Å²) in [6.45, 7) is 2.34. The number of thiocarbonyl (C=S) groups is 1. The standard InChI is InChI=1S/C24H20ClN3O4S2/c1-2-32-19-9-8-15(12-18(19)25)22-16(14-28(26-22)17-6-4-3-5-7-17)13-20-23(31)27(24(33)34-20)11-10-21(29)30/h3-9,12-14H,2,10-11H2,1H3,(H,29,30)/p-1/b20-13-. The van der Waals surface area contributed by atoms with Crippen molar-refractivity contribution in [3.8, 4) is 22.7 Å². The number of aliphatic carboxylic acids is 1. The third kappa shape index (κ3) is 5.16. The lowest BCUT2D eigenvalue weighted by atomic mass is 10.1. The van der Waals surface area contributed by atoms with Gasteiger partial charge in [0.15, 0.2) is 0 Å². The fraction of sp³-hybridized carbons (Fsp3) is 0.167. The normalized spacial score (nSPS) is 14.8. The molecule has 174 valence electrons. The molecular weight excluding hydrogens is 494 g/mol. The molecular formula is C24H19ClN3O4S2-. The van der Waals surface area contributed by atoms with Crippen LogP contribution in [0.2, 0.25) is 5.02 Å². The fourth-order valence-electron chi connectivity index (χ4n) is 3.39. The second-order valence-corrected chi connectivity index (χ2v) is 9.33. The first kappa shape index (κ1) is 24.0. The van der Waals surface area contributed by atoms with E-state index >= 15 is 0 Å². The molecule has 2 heterocycles. The van der Waals surface area contributed by atoms with E-state index in [0.29, 0.717) is 37.9 Å². The van der Waals surface area contributed by atoms with Gasteiger partial charge in [-0.05, 0) is 43.3 Å². The number of ether oxygens (including phenoxy) is 1. The Bertz CT molecular complexity index is 1290. The molecule has 2 aromatic carbocycles. The smallest absolute Gasteiger partial charge is 0.266 e. The Morgan fingerprint density at radius 2 is 2.03 bits per heavy atom. The Morgan fingerprint density at radius 3 is 2.71 bits per heavy atom. The van der Waals surface area contributed by atoms with E-state index in [2.05, 4.69) is 0 Å². The zero-order chi connectivity index (χ0) is 24.2. The fourth-order valence-corrected chi connectivity index (χ4v) is 4.92. The van der Waals surface area contributed by atoms with Crippen LogP contribution in [0.1, 0.15) is 18.9 Å². The van der Waals surface area contributed by atoms with Crippen molar-refractivity contribution >= 4 is 57.9 Å². The van der Waals surface area contributed by atoms with Crippen molar-refractivity contribution in [1.82, 2.24) is 14.7 Å². The number of thioether (sulfide) groups is 1. The molecule has 0 atom stereocenters. The molecule has 1 aliphatic rings. The largest absolute Gasteiger partial charge is 0.550 e. The van der Waals surface area contributed by atoms with E-state index in [4.69, 9.17) is 33.7 Å². The molecule has 7 nitrogen and oxygen atoms in total. The Kier molecular flexibility index (Phi) is 7.35. The Hall–Kier alpha value is -3.14. The van der Waals surface area contributed by atoms with Gasteiger partial charge in [0.1, 0.15) is 15.8 Å². The van der Waals surface area contributed by atoms with Gasteiger partial charge in [0, 0.05) is 36.3 Å². The number of carboxylic acid groups (broad SMARTS) is 1. The summed E-state index contributed by atoms with van der Waals surface area (Å²) >= 11 is 12.8. The van der Waals surface area contributed by atoms with E-state index in [1.54, 1.807) is 22.9 Å². The van der Waals surface area contributed by atoms with E-state index in [9.17, 15) is 14.7 Å². The number of carbonyl (C=O) groups is 2. The van der Waals surface area contributed by atoms with Crippen LogP contribution in [-0.4, -0.2) is 44.0 Å². The number of carbonyl (C=O) groups excluding carboxylic acids is 2. The van der Waals surface area contributed by atoms with Gasteiger partial charge in [0.05, 0.1) is 22.2 Å². The summed E-state index contributed by atoms with van der Waals surface area (Å²) in [7, 11) is 0. The molecule has 1 fully saturated rings. The van der Waals surface area contributed by atoms with Crippen LogP contribution in [0.4, 0.5) is 0 Å². The summed E-state index contributed by atoms with van der Waals surface area (Å²) in [5.74, 6) is -1.01. The lowest BCUT2D eigenvalue weighted by Crippen LogP contribution is -2.33. The van der Waals surface area contributed by atoms with Crippen LogP contribution in [0.25, 0.3) is 23.0 Å². The first-order valence-corrected chi connectivity index (χ1v) is 12.0. The predicted molar refractivity (Wildman–Crippen MR) is 135 cm³/mol. The average Bonchev–Trinajstić information content (AvgIpc) is 3.35. The molecule has 10 heteroatoms. The molecule has 0 spiro atoms. The summed E-state index contributed by atoms with van der Waals surface area (Å²) < 4.78 is 7.56. The molecule has 34 heavy (non-hydrogen) atoms. The molecule has 4 rings (SSSR count). The number of nitrogens with zero attached hydrogens (tertiary/aromatic N) is 3. The van der Waals surface area contributed by atoms with Gasteiger partial charge < -0.3 is 14.6 Å². The van der Waals surface area contributed by atoms with E-state index < -0.39 is 5.97 Å². The second kappa shape index (κ2) is 10.4. The molecule has 0 N–H and O–H groups in total. The van der Waals surface area contributed by atoms with Crippen molar-refractivity contribution in [2.75, 3.05) is 13.2 Å². The van der Waals surface area contributed by atoms with Gasteiger partial charge in [-0.25, -0.2) is 4.68 Å². The summed E-state index contributed by atoms with van der Waals surface area (Å²) in [6.07, 6.45) is 3.24. The summed E-state index contributed by atoms with van der Waals surface area (Å²) in [6, 6.07) is 15.0. The highest BCUT2D eigenvalue weighted by Gasteiger charge is 2.32. The highest BCUT2D eigenvalue weighted by Crippen LogP contribution is 2.36. The van der Waals surface area contributed by atoms with E-state index in [0.717, 1.165) is 23.0 Å². The van der Waals surface area contributed by atoms with Gasteiger partial charge in [0.2, 0.25) is 0 Å². The summed E-state index contributed by atoms with van der Waals surface area (Å²) in [4.78, 5) is 25.4. The molecule has 0 aliphatic carbocycles. The number of halogens is 1. The van der Waals surface area contributed by atoms with Crippen molar-refractivity contribution in [1.29, 1.82) is 0 Å². The van der Waals surface area contributed by atoms with Gasteiger partial charge in [0.25, 0.3) is 5.91 Å². The zero-order valence-corrected chi connectivity index (χ0v) is 20.5. The Balaban J connectivity index is 1.75. The van der Waals surface area contributed by atoms with Crippen LogP contribution in [0.5, 0.6) is 5.75 Å². The minimum absolute atomic E-state index is 0.0328. The Labute approximate surface area is 211 Å². The second-order valence-electron chi connectivity index (χ2n) is 7.25. The molecule has 1 aromatic heterocycles. The van der Waals surface area contributed by atoms with Crippen LogP contribution in [-0.2, 0) is 9.59 Å². The predicted octanol–water partition coefficient (Wildman–Crippen LogP) is 3.93. The minimum atomic E-state index is -1.24. The van der Waals surface area contributed by atoms with Crippen LogP contribution in [0.3, 0.4) is 0 Å². The van der Waals surface area contributed by atoms with Crippen molar-refractivity contribution in [2.24, 2.45) is 0 Å². The first-order valence-electron chi connectivity index (χ1n) is 10.4. The van der Waals surface area contributed by atoms with Gasteiger partial charge in [-0.15, -0.1) is 0 Å². The van der Waals surface area contributed by atoms with Crippen LogP contribution < -0.4 is 9.84 Å². The number of hydrogen-bond donors (Lipinski definition) is 0. The van der Waals surface area contributed by atoms with E-state index in [1.165, 1.54) is 4.90 Å².